The molecule has 0 fully saturated rings. The van der Waals surface area contributed by atoms with Crippen LogP contribution in [0, 0.1) is 0 Å². The van der Waals surface area contributed by atoms with Crippen molar-refractivity contribution in [3.05, 3.63) is 59.9 Å². The van der Waals surface area contributed by atoms with Crippen LogP contribution in [0.2, 0.25) is 0 Å². The molecule has 5 nitrogen and oxygen atoms in total. The molecule has 0 saturated heterocycles. The van der Waals surface area contributed by atoms with Gasteiger partial charge in [0.05, 0.1) is 18.4 Å². The minimum atomic E-state index is -4.66. The molecule has 0 aliphatic carbocycles. The van der Waals surface area contributed by atoms with E-state index in [2.05, 4.69) is 15.3 Å². The summed E-state index contributed by atoms with van der Waals surface area (Å²) >= 11 is 0.939. The molecule has 1 amide bonds. The van der Waals surface area contributed by atoms with Crippen LogP contribution in [-0.2, 0) is 17.5 Å². The van der Waals surface area contributed by atoms with Gasteiger partial charge in [0.2, 0.25) is 11.7 Å². The second-order valence-electron chi connectivity index (χ2n) is 5.74. The number of carbonyl (C=O) groups excluding carboxylic acids is 1. The van der Waals surface area contributed by atoms with E-state index in [0.717, 1.165) is 17.3 Å². The maximum Gasteiger partial charge on any atom is 0.451 e. The van der Waals surface area contributed by atoms with Crippen LogP contribution < -0.4 is 10.1 Å². The number of ether oxygens (including phenoxy) is 1. The number of nitrogens with one attached hydrogen (secondary N) is 1. The third-order valence-electron chi connectivity index (χ3n) is 3.83. The van der Waals surface area contributed by atoms with Gasteiger partial charge in [-0.3, -0.25) is 4.79 Å². The summed E-state index contributed by atoms with van der Waals surface area (Å²) in [6, 6.07) is 13.6. The molecular formula is C19H16F3N3O2S. The van der Waals surface area contributed by atoms with Crippen molar-refractivity contribution >= 4 is 28.6 Å². The summed E-state index contributed by atoms with van der Waals surface area (Å²) in [5.41, 5.74) is 0.983. The Hall–Kier alpha value is -2.81. The Kier molecular flexibility index (Phi) is 6.03. The number of halogens is 3. The fraction of sp³-hybridized carbons (Fsp3) is 0.211. The maximum absolute atomic E-state index is 13.0. The monoisotopic (exact) mass is 407 g/mol. The smallest absolute Gasteiger partial charge is 0.451 e. The van der Waals surface area contributed by atoms with Gasteiger partial charge < -0.3 is 10.1 Å². The van der Waals surface area contributed by atoms with E-state index >= 15 is 0 Å². The first-order chi connectivity index (χ1) is 13.4. The predicted molar refractivity (Wildman–Crippen MR) is 100 cm³/mol. The number of aromatic nitrogens is 2. The number of alkyl halides is 3. The highest BCUT2D eigenvalue weighted by Crippen LogP contribution is 2.32. The van der Waals surface area contributed by atoms with Crippen LogP contribution in [0.3, 0.4) is 0 Å². The van der Waals surface area contributed by atoms with E-state index < -0.39 is 12.0 Å². The Balaban J connectivity index is 1.71. The van der Waals surface area contributed by atoms with Crippen molar-refractivity contribution in [2.45, 2.75) is 17.7 Å². The van der Waals surface area contributed by atoms with Gasteiger partial charge in [0, 0.05) is 17.5 Å². The summed E-state index contributed by atoms with van der Waals surface area (Å²) in [5, 5.41) is 3.32. The average Bonchev–Trinajstić information content (AvgIpc) is 2.69. The zero-order valence-corrected chi connectivity index (χ0v) is 15.6. The topological polar surface area (TPSA) is 64.1 Å². The van der Waals surface area contributed by atoms with Gasteiger partial charge in [0.25, 0.3) is 0 Å². The van der Waals surface area contributed by atoms with E-state index in [1.54, 1.807) is 24.3 Å². The normalized spacial score (nSPS) is 11.4. The van der Waals surface area contributed by atoms with Crippen molar-refractivity contribution in [2.75, 3.05) is 12.9 Å². The van der Waals surface area contributed by atoms with Gasteiger partial charge in [-0.15, -0.1) is 0 Å². The second-order valence-corrected chi connectivity index (χ2v) is 6.71. The number of methoxy groups -OCH3 is 1. The van der Waals surface area contributed by atoms with Gasteiger partial charge in [0.1, 0.15) is 10.8 Å². The summed E-state index contributed by atoms with van der Waals surface area (Å²) < 4.78 is 44.4. The summed E-state index contributed by atoms with van der Waals surface area (Å²) in [6.07, 6.45) is -4.66. The van der Waals surface area contributed by atoms with Crippen molar-refractivity contribution in [3.8, 4) is 5.75 Å². The van der Waals surface area contributed by atoms with Gasteiger partial charge in [-0.1, -0.05) is 48.2 Å². The Bertz CT molecular complexity index is 996. The Morgan fingerprint density at radius 3 is 2.57 bits per heavy atom. The first-order valence-corrected chi connectivity index (χ1v) is 9.22. The van der Waals surface area contributed by atoms with Crippen LogP contribution in [0.4, 0.5) is 13.2 Å². The van der Waals surface area contributed by atoms with Gasteiger partial charge >= 0.3 is 6.18 Å². The van der Waals surface area contributed by atoms with Gasteiger partial charge in [-0.2, -0.15) is 13.2 Å². The lowest BCUT2D eigenvalue weighted by atomic mass is 10.2. The van der Waals surface area contributed by atoms with Crippen LogP contribution in [0.1, 0.15) is 11.4 Å². The summed E-state index contributed by atoms with van der Waals surface area (Å²) in [4.78, 5) is 19.4. The van der Waals surface area contributed by atoms with Crippen LogP contribution in [0.25, 0.3) is 10.9 Å². The van der Waals surface area contributed by atoms with Crippen molar-refractivity contribution in [1.82, 2.24) is 15.3 Å². The molecule has 28 heavy (non-hydrogen) atoms. The first kappa shape index (κ1) is 19.9. The Morgan fingerprint density at radius 2 is 1.82 bits per heavy atom. The van der Waals surface area contributed by atoms with E-state index in [9.17, 15) is 18.0 Å². The fourth-order valence-corrected chi connectivity index (χ4v) is 3.36. The number of hydrogen-bond acceptors (Lipinski definition) is 5. The first-order valence-electron chi connectivity index (χ1n) is 8.24. The molecule has 9 heteroatoms. The van der Waals surface area contributed by atoms with Crippen LogP contribution in [0.15, 0.2) is 53.6 Å². The molecule has 3 aromatic rings. The largest absolute Gasteiger partial charge is 0.496 e. The zero-order valence-electron chi connectivity index (χ0n) is 14.8. The number of para-hydroxylation sites is 2. The Morgan fingerprint density at radius 1 is 1.11 bits per heavy atom. The van der Waals surface area contributed by atoms with E-state index in [1.807, 2.05) is 18.2 Å². The molecular weight excluding hydrogens is 391 g/mol. The molecule has 0 unspecified atom stereocenters. The number of fused-ring (bicyclic) bond motifs is 1. The number of amides is 1. The second kappa shape index (κ2) is 8.47. The molecule has 0 saturated carbocycles. The molecule has 2 aromatic carbocycles. The van der Waals surface area contributed by atoms with Crippen molar-refractivity contribution < 1.29 is 22.7 Å². The summed E-state index contributed by atoms with van der Waals surface area (Å²) in [6.45, 7) is 0.252. The maximum atomic E-state index is 13.0. The van der Waals surface area contributed by atoms with E-state index in [1.165, 1.54) is 13.2 Å². The third-order valence-corrected chi connectivity index (χ3v) is 4.82. The average molecular weight is 407 g/mol. The molecule has 0 radical (unpaired) electrons. The van der Waals surface area contributed by atoms with Crippen molar-refractivity contribution in [3.63, 3.8) is 0 Å². The molecule has 1 aromatic heterocycles. The number of benzene rings is 2. The van der Waals surface area contributed by atoms with Crippen LogP contribution in [0.5, 0.6) is 5.75 Å². The SMILES string of the molecule is COc1ccccc1CNC(=O)CSc1nc(C(F)(F)F)nc2ccccc12. The molecule has 146 valence electrons. The number of hydrogen-bond donors (Lipinski definition) is 1. The van der Waals surface area contributed by atoms with Crippen LogP contribution in [-0.4, -0.2) is 28.7 Å². The van der Waals surface area contributed by atoms with Crippen molar-refractivity contribution in [2.24, 2.45) is 0 Å². The molecule has 0 atom stereocenters. The molecule has 0 spiro atoms. The molecule has 0 bridgehead atoms. The predicted octanol–water partition coefficient (Wildman–Crippen LogP) is 4.07. The molecule has 0 aliphatic rings. The van der Waals surface area contributed by atoms with E-state index in [-0.39, 0.29) is 28.7 Å². The van der Waals surface area contributed by atoms with Crippen LogP contribution >= 0.6 is 11.8 Å². The molecule has 3 rings (SSSR count). The molecule has 1 N–H and O–H groups in total. The lowest BCUT2D eigenvalue weighted by Gasteiger charge is -2.11. The fourth-order valence-electron chi connectivity index (χ4n) is 2.51. The van der Waals surface area contributed by atoms with Gasteiger partial charge in [-0.25, -0.2) is 9.97 Å². The molecule has 0 aliphatic heterocycles. The van der Waals surface area contributed by atoms with Crippen molar-refractivity contribution in [1.29, 1.82) is 0 Å². The minimum Gasteiger partial charge on any atom is -0.496 e. The number of carbonyl (C=O) groups is 1. The third kappa shape index (κ3) is 4.72. The van der Waals surface area contributed by atoms with Gasteiger partial charge in [-0.05, 0) is 12.1 Å². The van der Waals surface area contributed by atoms with Gasteiger partial charge in [0.15, 0.2) is 0 Å². The standard InChI is InChI=1S/C19H16F3N3O2S/c1-27-15-9-5-2-6-12(15)10-23-16(26)11-28-17-13-7-3-4-8-14(13)24-18(25-17)19(20,21)22/h2-9H,10-11H2,1H3,(H,23,26). The van der Waals surface area contributed by atoms with E-state index in [4.69, 9.17) is 4.74 Å². The highest BCUT2D eigenvalue weighted by molar-refractivity contribution is 8.00. The quantitative estimate of drug-likeness (QED) is 0.493. The Labute approximate surface area is 163 Å². The van der Waals surface area contributed by atoms with E-state index in [0.29, 0.717) is 11.1 Å². The number of nitrogens with zero attached hydrogens (tertiary/aromatic N) is 2. The summed E-state index contributed by atoms with van der Waals surface area (Å²) in [5.74, 6) is -0.977. The highest BCUT2D eigenvalue weighted by atomic mass is 32.2. The minimum absolute atomic E-state index is 0.0759. The molecule has 1 heterocycles. The lowest BCUT2D eigenvalue weighted by Crippen LogP contribution is -2.25. The number of thioether (sulfide) groups is 1. The number of rotatable bonds is 6. The summed E-state index contributed by atoms with van der Waals surface area (Å²) in [7, 11) is 1.54. The lowest BCUT2D eigenvalue weighted by molar-refractivity contribution is -0.145. The highest BCUT2D eigenvalue weighted by Gasteiger charge is 2.35. The zero-order chi connectivity index (χ0) is 20.1.